The summed E-state index contributed by atoms with van der Waals surface area (Å²) in [5, 5.41) is 11.1. The van der Waals surface area contributed by atoms with Gasteiger partial charge in [-0.25, -0.2) is 4.79 Å². The minimum absolute atomic E-state index is 0.109. The van der Waals surface area contributed by atoms with Crippen molar-refractivity contribution in [3.8, 4) is 0 Å². The van der Waals surface area contributed by atoms with Gasteiger partial charge < -0.3 is 14.4 Å². The van der Waals surface area contributed by atoms with E-state index in [0.29, 0.717) is 13.1 Å². The quantitative estimate of drug-likeness (QED) is 0.465. The van der Waals surface area contributed by atoms with E-state index in [1.165, 1.54) is 6.07 Å². The van der Waals surface area contributed by atoms with Crippen LogP contribution in [0.2, 0.25) is 5.02 Å². The minimum atomic E-state index is -0.966. The lowest BCUT2D eigenvalue weighted by molar-refractivity contribution is -0.385. The molecule has 0 unspecified atom stereocenters. The van der Waals surface area contributed by atoms with Crippen LogP contribution in [0.1, 0.15) is 24.2 Å². The molecule has 0 saturated carbocycles. The van der Waals surface area contributed by atoms with E-state index in [9.17, 15) is 19.7 Å². The van der Waals surface area contributed by atoms with Crippen LogP contribution in [0.5, 0.6) is 0 Å². The molecule has 0 bridgehead atoms. The van der Waals surface area contributed by atoms with Crippen molar-refractivity contribution in [1.29, 1.82) is 0 Å². The minimum Gasteiger partial charge on any atom is -0.452 e. The van der Waals surface area contributed by atoms with Gasteiger partial charge in [0.2, 0.25) is 0 Å². The van der Waals surface area contributed by atoms with Gasteiger partial charge in [-0.3, -0.25) is 14.9 Å². The number of amides is 1. The fraction of sp³-hybridized carbons (Fsp3) is 0.467. The Kier molecular flexibility index (Phi) is 5.74. The van der Waals surface area contributed by atoms with Gasteiger partial charge in [-0.1, -0.05) is 11.6 Å². The molecule has 2 atom stereocenters. The van der Waals surface area contributed by atoms with Gasteiger partial charge in [0.05, 0.1) is 17.1 Å². The number of benzene rings is 1. The Morgan fingerprint density at radius 3 is 2.58 bits per heavy atom. The van der Waals surface area contributed by atoms with Gasteiger partial charge in [0.1, 0.15) is 5.56 Å². The van der Waals surface area contributed by atoms with Crippen molar-refractivity contribution in [2.24, 2.45) is 0 Å². The van der Waals surface area contributed by atoms with Crippen LogP contribution in [0.25, 0.3) is 0 Å². The summed E-state index contributed by atoms with van der Waals surface area (Å²) in [7, 11) is 0. The van der Waals surface area contributed by atoms with Crippen molar-refractivity contribution in [2.45, 2.75) is 26.1 Å². The molecule has 9 heteroatoms. The fourth-order valence-corrected chi connectivity index (χ4v) is 2.68. The molecule has 8 nitrogen and oxygen atoms in total. The standard InChI is InChI=1S/C15H17ClN2O6/c1-9-6-17(7-10(2)24-9)14(19)8-23-15(20)12-5-11(16)3-4-13(12)18(21)22/h3-5,9-10H,6-8H2,1-2H3/t9-,10-/m1/s1. The number of hydrogen-bond donors (Lipinski definition) is 0. The Balaban J connectivity index is 2.02. The summed E-state index contributed by atoms with van der Waals surface area (Å²) in [6.45, 7) is 3.99. The highest BCUT2D eigenvalue weighted by atomic mass is 35.5. The molecule has 1 fully saturated rings. The van der Waals surface area contributed by atoms with E-state index < -0.39 is 23.2 Å². The Morgan fingerprint density at radius 1 is 1.38 bits per heavy atom. The number of halogens is 1. The number of nitrogens with zero attached hydrogens (tertiary/aromatic N) is 2. The van der Waals surface area contributed by atoms with Crippen LogP contribution in [-0.2, 0) is 14.3 Å². The highest BCUT2D eigenvalue weighted by molar-refractivity contribution is 6.31. The monoisotopic (exact) mass is 356 g/mol. The average Bonchev–Trinajstić information content (AvgIpc) is 2.50. The maximum atomic E-state index is 12.1. The Hall–Kier alpha value is -2.19. The van der Waals surface area contributed by atoms with Gasteiger partial charge in [-0.2, -0.15) is 0 Å². The zero-order valence-corrected chi connectivity index (χ0v) is 14.0. The first-order chi connectivity index (χ1) is 11.3. The maximum Gasteiger partial charge on any atom is 0.345 e. The first kappa shape index (κ1) is 18.2. The number of nitro benzene ring substituents is 1. The summed E-state index contributed by atoms with van der Waals surface area (Å²) in [5.41, 5.74) is -0.713. The topological polar surface area (TPSA) is 99.0 Å². The van der Waals surface area contributed by atoms with E-state index in [2.05, 4.69) is 0 Å². The first-order valence-corrected chi connectivity index (χ1v) is 7.70. The first-order valence-electron chi connectivity index (χ1n) is 7.32. The summed E-state index contributed by atoms with van der Waals surface area (Å²) >= 11 is 5.76. The van der Waals surface area contributed by atoms with Crippen LogP contribution in [0.3, 0.4) is 0 Å². The molecule has 1 aromatic carbocycles. The van der Waals surface area contributed by atoms with Crippen molar-refractivity contribution >= 4 is 29.2 Å². The van der Waals surface area contributed by atoms with E-state index in [1.807, 2.05) is 13.8 Å². The van der Waals surface area contributed by atoms with E-state index in [-0.39, 0.29) is 28.7 Å². The van der Waals surface area contributed by atoms with Gasteiger partial charge in [-0.15, -0.1) is 0 Å². The molecule has 0 radical (unpaired) electrons. The second-order valence-corrected chi connectivity index (χ2v) is 5.99. The second-order valence-electron chi connectivity index (χ2n) is 5.55. The lowest BCUT2D eigenvalue weighted by Crippen LogP contribution is -2.49. The third kappa shape index (κ3) is 4.42. The Bertz CT molecular complexity index is 655. The second kappa shape index (κ2) is 7.59. The maximum absolute atomic E-state index is 12.1. The smallest absolute Gasteiger partial charge is 0.345 e. The van der Waals surface area contributed by atoms with Crippen molar-refractivity contribution in [2.75, 3.05) is 19.7 Å². The largest absolute Gasteiger partial charge is 0.452 e. The van der Waals surface area contributed by atoms with Crippen LogP contribution in [0.15, 0.2) is 18.2 Å². The van der Waals surface area contributed by atoms with Crippen molar-refractivity contribution in [3.05, 3.63) is 38.9 Å². The average molecular weight is 357 g/mol. The lowest BCUT2D eigenvalue weighted by atomic mass is 10.2. The third-order valence-corrected chi connectivity index (χ3v) is 3.71. The normalized spacial score (nSPS) is 20.5. The third-order valence-electron chi connectivity index (χ3n) is 3.47. The number of rotatable bonds is 4. The van der Waals surface area contributed by atoms with Gasteiger partial charge >= 0.3 is 5.97 Å². The Morgan fingerprint density at radius 2 is 2.00 bits per heavy atom. The predicted octanol–water partition coefficient (Wildman–Crippen LogP) is 2.04. The molecule has 130 valence electrons. The zero-order valence-electron chi connectivity index (χ0n) is 13.2. The summed E-state index contributed by atoms with van der Waals surface area (Å²) in [5.74, 6) is -1.35. The van der Waals surface area contributed by atoms with Crippen molar-refractivity contribution in [3.63, 3.8) is 0 Å². The fourth-order valence-electron chi connectivity index (χ4n) is 2.51. The molecule has 0 N–H and O–H groups in total. The van der Waals surface area contributed by atoms with E-state index in [1.54, 1.807) is 4.90 Å². The number of nitro groups is 1. The molecule has 1 heterocycles. The SMILES string of the molecule is C[C@@H]1CN(C(=O)COC(=O)c2cc(Cl)ccc2[N+](=O)[O-])C[C@@H](C)O1. The van der Waals surface area contributed by atoms with E-state index in [4.69, 9.17) is 21.1 Å². The van der Waals surface area contributed by atoms with E-state index in [0.717, 1.165) is 12.1 Å². The summed E-state index contributed by atoms with van der Waals surface area (Å²) in [4.78, 5) is 36.0. The molecule has 0 spiro atoms. The number of carbonyl (C=O) groups is 2. The number of ether oxygens (including phenoxy) is 2. The molecular formula is C15H17ClN2O6. The molecule has 0 aromatic heterocycles. The molecule has 0 aliphatic carbocycles. The van der Waals surface area contributed by atoms with Crippen LogP contribution >= 0.6 is 11.6 Å². The molecule has 1 aromatic rings. The van der Waals surface area contributed by atoms with E-state index >= 15 is 0 Å². The number of carbonyl (C=O) groups excluding carboxylic acids is 2. The molecule has 2 rings (SSSR count). The highest BCUT2D eigenvalue weighted by Gasteiger charge is 2.27. The number of esters is 1. The van der Waals surface area contributed by atoms with Gasteiger partial charge in [0.25, 0.3) is 11.6 Å². The van der Waals surface area contributed by atoms with Crippen molar-refractivity contribution < 1.29 is 24.0 Å². The van der Waals surface area contributed by atoms with Crippen LogP contribution in [0, 0.1) is 10.1 Å². The summed E-state index contributed by atoms with van der Waals surface area (Å²) in [6.07, 6.45) is -0.218. The molecular weight excluding hydrogens is 340 g/mol. The van der Waals surface area contributed by atoms with Gasteiger partial charge in [-0.05, 0) is 26.0 Å². The predicted molar refractivity (Wildman–Crippen MR) is 85.0 cm³/mol. The van der Waals surface area contributed by atoms with Gasteiger partial charge in [0, 0.05) is 24.2 Å². The molecule has 1 aliphatic heterocycles. The lowest BCUT2D eigenvalue weighted by Gasteiger charge is -2.35. The molecule has 1 amide bonds. The van der Waals surface area contributed by atoms with Crippen LogP contribution in [0.4, 0.5) is 5.69 Å². The van der Waals surface area contributed by atoms with Gasteiger partial charge in [0.15, 0.2) is 6.61 Å². The number of hydrogen-bond acceptors (Lipinski definition) is 6. The molecule has 24 heavy (non-hydrogen) atoms. The number of morpholine rings is 1. The summed E-state index contributed by atoms with van der Waals surface area (Å²) in [6, 6.07) is 3.57. The van der Waals surface area contributed by atoms with Crippen LogP contribution < -0.4 is 0 Å². The summed E-state index contributed by atoms with van der Waals surface area (Å²) < 4.78 is 10.5. The van der Waals surface area contributed by atoms with Crippen molar-refractivity contribution in [1.82, 2.24) is 4.90 Å². The Labute approximate surface area is 143 Å². The molecule has 1 saturated heterocycles. The van der Waals surface area contributed by atoms with Crippen LogP contribution in [-0.4, -0.2) is 53.6 Å². The highest BCUT2D eigenvalue weighted by Crippen LogP contribution is 2.23. The zero-order chi connectivity index (χ0) is 17.9. The molecule has 1 aliphatic rings.